The van der Waals surface area contributed by atoms with Crippen LogP contribution in [0.1, 0.15) is 30.5 Å². The Bertz CT molecular complexity index is 1400. The first-order valence-corrected chi connectivity index (χ1v) is 10.8. The first-order valence-electron chi connectivity index (χ1n) is 10.8. The van der Waals surface area contributed by atoms with Gasteiger partial charge in [-0.3, -0.25) is 9.13 Å². The van der Waals surface area contributed by atoms with Crippen LogP contribution in [0, 0.1) is 18.3 Å². The van der Waals surface area contributed by atoms with Crippen molar-refractivity contribution in [1.82, 2.24) is 29.3 Å². The SMILES string of the molecule is Cc1cnc(N[C@H]2CC[C@H](Nc3ccc(-n4c(=O)n(C)c5ccc(C#N)cc54)cn3)C2)nn1. The van der Waals surface area contributed by atoms with Crippen LogP contribution in [0.3, 0.4) is 0 Å². The maximum absolute atomic E-state index is 12.8. The summed E-state index contributed by atoms with van der Waals surface area (Å²) in [6.45, 7) is 1.86. The molecule has 1 saturated carbocycles. The highest BCUT2D eigenvalue weighted by atomic mass is 16.1. The topological polar surface area (TPSA) is 126 Å². The zero-order valence-electron chi connectivity index (χ0n) is 18.4. The van der Waals surface area contributed by atoms with E-state index < -0.39 is 0 Å². The van der Waals surface area contributed by atoms with Gasteiger partial charge < -0.3 is 10.6 Å². The Kier molecular flexibility index (Phi) is 5.22. The number of nitrogens with zero attached hydrogens (tertiary/aromatic N) is 7. The van der Waals surface area contributed by atoms with E-state index in [0.717, 1.165) is 36.3 Å². The van der Waals surface area contributed by atoms with Crippen molar-refractivity contribution < 1.29 is 0 Å². The van der Waals surface area contributed by atoms with E-state index in [1.165, 1.54) is 0 Å². The Hall–Kier alpha value is -4.26. The van der Waals surface area contributed by atoms with Crippen LogP contribution >= 0.6 is 0 Å². The number of hydrogen-bond donors (Lipinski definition) is 2. The van der Waals surface area contributed by atoms with Crippen molar-refractivity contribution in [3.8, 4) is 11.8 Å². The second kappa shape index (κ2) is 8.35. The molecule has 3 aromatic heterocycles. The molecule has 0 radical (unpaired) electrons. The molecular weight excluding hydrogens is 418 g/mol. The number of rotatable bonds is 5. The van der Waals surface area contributed by atoms with Crippen molar-refractivity contribution in [2.24, 2.45) is 7.05 Å². The van der Waals surface area contributed by atoms with Gasteiger partial charge in [-0.25, -0.2) is 14.8 Å². The third-order valence-corrected chi connectivity index (χ3v) is 5.99. The third kappa shape index (κ3) is 4.01. The molecule has 1 aliphatic carbocycles. The Labute approximate surface area is 189 Å². The van der Waals surface area contributed by atoms with Crippen LogP contribution < -0.4 is 16.3 Å². The van der Waals surface area contributed by atoms with Crippen molar-refractivity contribution in [2.75, 3.05) is 10.6 Å². The van der Waals surface area contributed by atoms with Crippen LogP contribution in [0.15, 0.2) is 47.5 Å². The minimum Gasteiger partial charge on any atom is -0.367 e. The van der Waals surface area contributed by atoms with E-state index >= 15 is 0 Å². The monoisotopic (exact) mass is 441 g/mol. The first kappa shape index (κ1) is 20.6. The predicted octanol–water partition coefficient (Wildman–Crippen LogP) is 2.53. The fourth-order valence-electron chi connectivity index (χ4n) is 4.30. The molecule has 1 aromatic carbocycles. The summed E-state index contributed by atoms with van der Waals surface area (Å²) < 4.78 is 3.15. The lowest BCUT2D eigenvalue weighted by molar-refractivity contribution is 0.712. The fraction of sp³-hybridized carbons (Fsp3) is 0.304. The smallest absolute Gasteiger partial charge is 0.333 e. The average molecular weight is 441 g/mol. The largest absolute Gasteiger partial charge is 0.367 e. The Balaban J connectivity index is 1.30. The van der Waals surface area contributed by atoms with E-state index in [9.17, 15) is 10.1 Å². The molecule has 4 aromatic rings. The summed E-state index contributed by atoms with van der Waals surface area (Å²) >= 11 is 0. The van der Waals surface area contributed by atoms with Crippen LogP contribution in [0.2, 0.25) is 0 Å². The van der Waals surface area contributed by atoms with Gasteiger partial charge in [-0.15, -0.1) is 5.10 Å². The molecule has 0 aliphatic heterocycles. The molecule has 0 saturated heterocycles. The summed E-state index contributed by atoms with van der Waals surface area (Å²) in [6.07, 6.45) is 6.30. The van der Waals surface area contributed by atoms with Crippen molar-refractivity contribution in [2.45, 2.75) is 38.3 Å². The normalized spacial score (nSPS) is 17.7. The van der Waals surface area contributed by atoms with E-state index in [-0.39, 0.29) is 17.8 Å². The van der Waals surface area contributed by atoms with Crippen LogP contribution in [0.4, 0.5) is 11.8 Å². The number of nitrogens with one attached hydrogen (secondary N) is 2. The highest BCUT2D eigenvalue weighted by Crippen LogP contribution is 2.25. The van der Waals surface area contributed by atoms with E-state index in [4.69, 9.17) is 0 Å². The minimum absolute atomic E-state index is 0.180. The van der Waals surface area contributed by atoms with Crippen LogP contribution in [-0.4, -0.2) is 41.4 Å². The second-order valence-corrected chi connectivity index (χ2v) is 8.31. The zero-order chi connectivity index (χ0) is 22.9. The molecule has 0 amide bonds. The number of aryl methyl sites for hydroxylation is 2. The molecule has 2 N–H and O–H groups in total. The van der Waals surface area contributed by atoms with Crippen LogP contribution in [0.25, 0.3) is 16.7 Å². The number of aromatic nitrogens is 6. The minimum atomic E-state index is -0.180. The molecule has 33 heavy (non-hydrogen) atoms. The summed E-state index contributed by atoms with van der Waals surface area (Å²) in [7, 11) is 1.72. The summed E-state index contributed by atoms with van der Waals surface area (Å²) in [6, 6.07) is 11.6. The number of hydrogen-bond acceptors (Lipinski definition) is 8. The maximum Gasteiger partial charge on any atom is 0.333 e. The van der Waals surface area contributed by atoms with Gasteiger partial charge in [0.1, 0.15) is 5.82 Å². The maximum atomic E-state index is 12.8. The molecule has 10 heteroatoms. The summed E-state index contributed by atoms with van der Waals surface area (Å²) in [5, 5.41) is 24.2. The first-order chi connectivity index (χ1) is 16.0. The van der Waals surface area contributed by atoms with Gasteiger partial charge in [0.05, 0.1) is 46.4 Å². The zero-order valence-corrected chi connectivity index (χ0v) is 18.4. The van der Waals surface area contributed by atoms with E-state index in [1.807, 2.05) is 19.1 Å². The molecular formula is C23H23N9O. The second-order valence-electron chi connectivity index (χ2n) is 8.31. The number of imidazole rings is 1. The molecule has 5 rings (SSSR count). The predicted molar refractivity (Wildman–Crippen MR) is 124 cm³/mol. The van der Waals surface area contributed by atoms with Crippen molar-refractivity contribution in [3.05, 3.63) is 64.5 Å². The highest BCUT2D eigenvalue weighted by Gasteiger charge is 2.25. The van der Waals surface area contributed by atoms with Gasteiger partial charge in [0.2, 0.25) is 5.95 Å². The number of nitriles is 1. The molecule has 166 valence electrons. The summed E-state index contributed by atoms with van der Waals surface area (Å²) in [5.41, 5.74) is 3.21. The van der Waals surface area contributed by atoms with Crippen molar-refractivity contribution >= 4 is 22.8 Å². The van der Waals surface area contributed by atoms with Gasteiger partial charge in [0.15, 0.2) is 0 Å². The van der Waals surface area contributed by atoms with Crippen LogP contribution in [-0.2, 0) is 7.05 Å². The average Bonchev–Trinajstić information content (AvgIpc) is 3.37. The highest BCUT2D eigenvalue weighted by molar-refractivity contribution is 5.79. The summed E-state index contributed by atoms with van der Waals surface area (Å²) in [5.74, 6) is 1.30. The molecule has 0 spiro atoms. The summed E-state index contributed by atoms with van der Waals surface area (Å²) in [4.78, 5) is 21.6. The van der Waals surface area contributed by atoms with Gasteiger partial charge >= 0.3 is 5.69 Å². The Morgan fingerprint density at radius 1 is 1.03 bits per heavy atom. The molecule has 2 atom stereocenters. The number of fused-ring (bicyclic) bond motifs is 1. The standard InChI is InChI=1S/C23H23N9O/c1-14-12-26-22(30-29-14)28-17-5-4-16(10-17)27-21-8-6-18(13-25-21)32-20-9-15(11-24)3-7-19(20)31(2)23(32)33/h3,6-9,12-13,16-17H,4-5,10H2,1-2H3,(H,25,27)(H,26,28,30)/t16-,17-/m0/s1. The molecule has 10 nitrogen and oxygen atoms in total. The molecule has 0 unspecified atom stereocenters. The molecule has 3 heterocycles. The van der Waals surface area contributed by atoms with Crippen LogP contribution in [0.5, 0.6) is 0 Å². The van der Waals surface area contributed by atoms with E-state index in [0.29, 0.717) is 22.7 Å². The van der Waals surface area contributed by atoms with Gasteiger partial charge in [-0.1, -0.05) is 0 Å². The number of benzene rings is 1. The van der Waals surface area contributed by atoms with Crippen molar-refractivity contribution in [3.63, 3.8) is 0 Å². The van der Waals surface area contributed by atoms with Gasteiger partial charge in [-0.05, 0) is 56.5 Å². The lowest BCUT2D eigenvalue weighted by Crippen LogP contribution is -2.22. The van der Waals surface area contributed by atoms with E-state index in [1.54, 1.807) is 46.8 Å². The van der Waals surface area contributed by atoms with Gasteiger partial charge in [0, 0.05) is 19.1 Å². The van der Waals surface area contributed by atoms with Gasteiger partial charge in [0.25, 0.3) is 0 Å². The molecule has 0 bridgehead atoms. The van der Waals surface area contributed by atoms with Gasteiger partial charge in [-0.2, -0.15) is 10.4 Å². The Morgan fingerprint density at radius 2 is 1.85 bits per heavy atom. The lowest BCUT2D eigenvalue weighted by Gasteiger charge is -2.15. The third-order valence-electron chi connectivity index (χ3n) is 5.99. The number of pyridine rings is 1. The number of anilines is 2. The molecule has 1 fully saturated rings. The van der Waals surface area contributed by atoms with E-state index in [2.05, 4.69) is 36.9 Å². The Morgan fingerprint density at radius 3 is 2.55 bits per heavy atom. The lowest BCUT2D eigenvalue weighted by atomic mass is 10.2. The van der Waals surface area contributed by atoms with Crippen molar-refractivity contribution in [1.29, 1.82) is 5.26 Å². The quantitative estimate of drug-likeness (QED) is 0.484. The molecule has 1 aliphatic rings. The fourth-order valence-corrected chi connectivity index (χ4v) is 4.30.